The summed E-state index contributed by atoms with van der Waals surface area (Å²) in [5, 5.41) is 0. The Kier molecular flexibility index (Phi) is 3.31. The van der Waals surface area contributed by atoms with Crippen LogP contribution < -0.4 is 0 Å². The maximum Gasteiger partial charge on any atom is 0.336 e. The van der Waals surface area contributed by atoms with E-state index in [9.17, 15) is 19.2 Å². The first-order valence-corrected chi connectivity index (χ1v) is 4.79. The van der Waals surface area contributed by atoms with Gasteiger partial charge in [0.05, 0.1) is 0 Å². The Morgan fingerprint density at radius 3 is 2.18 bits per heavy atom. The van der Waals surface area contributed by atoms with E-state index in [1.165, 1.54) is 20.9 Å². The number of amides is 4. The molecule has 1 aliphatic heterocycles. The molecule has 92 valence electrons. The normalized spacial score (nSPS) is 17.5. The molecule has 1 fully saturated rings. The molecule has 0 N–H and O–H groups in total. The first-order valence-electron chi connectivity index (χ1n) is 4.79. The number of carbonyl (C=O) groups is 4. The second kappa shape index (κ2) is 4.36. The highest BCUT2D eigenvalue weighted by molar-refractivity contribution is 6.44. The molecule has 0 aromatic heterocycles. The number of ether oxygens (including phenoxy) is 1. The van der Waals surface area contributed by atoms with Crippen molar-refractivity contribution < 1.29 is 23.9 Å². The lowest BCUT2D eigenvalue weighted by Crippen LogP contribution is -2.41. The number of rotatable bonds is 3. The van der Waals surface area contributed by atoms with Crippen molar-refractivity contribution in [1.82, 2.24) is 9.80 Å². The number of urea groups is 1. The Hall–Kier alpha value is -2.18. The predicted octanol–water partition coefficient (Wildman–Crippen LogP) is -0.128. The molecule has 1 heterocycles. The van der Waals surface area contributed by atoms with Crippen molar-refractivity contribution in [2.45, 2.75) is 20.1 Å². The van der Waals surface area contributed by atoms with Crippen molar-refractivity contribution in [2.75, 3.05) is 7.05 Å². The van der Waals surface area contributed by atoms with Crippen LogP contribution in [-0.2, 0) is 19.1 Å². The van der Waals surface area contributed by atoms with Gasteiger partial charge in [0.25, 0.3) is 0 Å². The van der Waals surface area contributed by atoms with Crippen LogP contribution in [0.2, 0.25) is 0 Å². The van der Waals surface area contributed by atoms with E-state index < -0.39 is 30.0 Å². The van der Waals surface area contributed by atoms with Crippen molar-refractivity contribution in [1.29, 1.82) is 0 Å². The highest BCUT2D eigenvalue weighted by Gasteiger charge is 2.45. The lowest BCUT2D eigenvalue weighted by molar-refractivity contribution is -0.156. The minimum absolute atomic E-state index is 0.135. The Labute approximate surface area is 97.6 Å². The van der Waals surface area contributed by atoms with Gasteiger partial charge in [-0.25, -0.2) is 14.5 Å². The zero-order chi connectivity index (χ0) is 13.3. The zero-order valence-electron chi connectivity index (χ0n) is 9.72. The lowest BCUT2D eigenvalue weighted by Gasteiger charge is -2.21. The van der Waals surface area contributed by atoms with Crippen LogP contribution in [0.5, 0.6) is 0 Å². The van der Waals surface area contributed by atoms with E-state index in [2.05, 4.69) is 6.58 Å². The summed E-state index contributed by atoms with van der Waals surface area (Å²) in [4.78, 5) is 46.6. The van der Waals surface area contributed by atoms with Gasteiger partial charge in [0.2, 0.25) is 0 Å². The second-order valence-electron chi connectivity index (χ2n) is 3.61. The molecule has 1 aliphatic rings. The van der Waals surface area contributed by atoms with Crippen molar-refractivity contribution in [3.05, 3.63) is 12.2 Å². The largest absolute Gasteiger partial charge is 0.438 e. The number of hydrogen-bond donors (Lipinski definition) is 0. The van der Waals surface area contributed by atoms with E-state index in [1.54, 1.807) is 0 Å². The highest BCUT2D eigenvalue weighted by atomic mass is 16.6. The Bertz CT molecular complexity index is 428. The number of nitrogens with zero attached hydrogens (tertiary/aromatic N) is 2. The van der Waals surface area contributed by atoms with E-state index >= 15 is 0 Å². The molecule has 7 heteroatoms. The van der Waals surface area contributed by atoms with Crippen molar-refractivity contribution in [2.24, 2.45) is 0 Å². The molecule has 0 radical (unpaired) electrons. The summed E-state index contributed by atoms with van der Waals surface area (Å²) in [6.07, 6.45) is -1.15. The molecular weight excluding hydrogens is 228 g/mol. The topological polar surface area (TPSA) is 84.0 Å². The monoisotopic (exact) mass is 240 g/mol. The number of carbonyl (C=O) groups excluding carboxylic acids is 4. The van der Waals surface area contributed by atoms with Gasteiger partial charge in [-0.05, 0) is 13.8 Å². The summed E-state index contributed by atoms with van der Waals surface area (Å²) >= 11 is 0. The summed E-state index contributed by atoms with van der Waals surface area (Å²) in [6.45, 7) is 6.12. The fourth-order valence-electron chi connectivity index (χ4n) is 1.21. The summed E-state index contributed by atoms with van der Waals surface area (Å²) in [6, 6.07) is -0.818. The Morgan fingerprint density at radius 2 is 1.82 bits per heavy atom. The minimum Gasteiger partial charge on any atom is -0.438 e. The van der Waals surface area contributed by atoms with E-state index in [1.807, 2.05) is 0 Å². The Balaban J connectivity index is 2.83. The van der Waals surface area contributed by atoms with Crippen LogP contribution in [-0.4, -0.2) is 46.9 Å². The summed E-state index contributed by atoms with van der Waals surface area (Å²) < 4.78 is 4.80. The van der Waals surface area contributed by atoms with Gasteiger partial charge in [0, 0.05) is 12.6 Å². The van der Waals surface area contributed by atoms with E-state index in [4.69, 9.17) is 4.74 Å². The fourth-order valence-corrected chi connectivity index (χ4v) is 1.21. The van der Waals surface area contributed by atoms with Gasteiger partial charge in [-0.3, -0.25) is 14.5 Å². The zero-order valence-corrected chi connectivity index (χ0v) is 9.72. The number of hydrogen-bond acceptors (Lipinski definition) is 5. The fraction of sp³-hybridized carbons (Fsp3) is 0.400. The third-order valence-corrected chi connectivity index (χ3v) is 2.19. The van der Waals surface area contributed by atoms with Crippen molar-refractivity contribution >= 4 is 23.8 Å². The molecular formula is C10H12N2O5. The molecule has 1 unspecified atom stereocenters. The molecule has 1 saturated heterocycles. The van der Waals surface area contributed by atoms with Gasteiger partial charge >= 0.3 is 23.8 Å². The van der Waals surface area contributed by atoms with Crippen LogP contribution in [0.4, 0.5) is 4.79 Å². The van der Waals surface area contributed by atoms with Gasteiger partial charge in [0.15, 0.2) is 6.23 Å². The first-order chi connectivity index (χ1) is 7.77. The molecule has 7 nitrogen and oxygen atoms in total. The van der Waals surface area contributed by atoms with E-state index in [0.717, 1.165) is 0 Å². The average Bonchev–Trinajstić information content (AvgIpc) is 2.43. The summed E-state index contributed by atoms with van der Waals surface area (Å²) in [5.74, 6) is -2.70. The third-order valence-electron chi connectivity index (χ3n) is 2.19. The molecule has 1 rings (SSSR count). The van der Waals surface area contributed by atoms with E-state index in [-0.39, 0.29) is 5.57 Å². The van der Waals surface area contributed by atoms with Crippen LogP contribution in [0, 0.1) is 0 Å². The van der Waals surface area contributed by atoms with Gasteiger partial charge in [-0.15, -0.1) is 0 Å². The highest BCUT2D eigenvalue weighted by Crippen LogP contribution is 2.15. The molecule has 0 spiro atoms. The molecule has 0 aromatic carbocycles. The molecule has 0 bridgehead atoms. The molecule has 0 aromatic rings. The van der Waals surface area contributed by atoms with Crippen molar-refractivity contribution in [3.8, 4) is 0 Å². The smallest absolute Gasteiger partial charge is 0.336 e. The maximum atomic E-state index is 11.5. The summed E-state index contributed by atoms with van der Waals surface area (Å²) in [7, 11) is 1.18. The van der Waals surface area contributed by atoms with Gasteiger partial charge in [-0.2, -0.15) is 0 Å². The molecule has 0 aliphatic carbocycles. The standard InChI is InChI=1S/C10H12N2O5/c1-5(2)9(15)17-6(3)12-8(14)7(13)11(4)10(12)16/h6H,1H2,2-4H3. The Morgan fingerprint density at radius 1 is 1.29 bits per heavy atom. The quantitative estimate of drug-likeness (QED) is 0.297. The van der Waals surface area contributed by atoms with Crippen LogP contribution in [0.3, 0.4) is 0 Å². The average molecular weight is 240 g/mol. The molecule has 0 saturated carbocycles. The summed E-state index contributed by atoms with van der Waals surface area (Å²) in [5.41, 5.74) is 0.135. The second-order valence-corrected chi connectivity index (χ2v) is 3.61. The third kappa shape index (κ3) is 2.17. The van der Waals surface area contributed by atoms with Gasteiger partial charge < -0.3 is 4.74 Å². The van der Waals surface area contributed by atoms with Crippen molar-refractivity contribution in [3.63, 3.8) is 0 Å². The maximum absolute atomic E-state index is 11.5. The van der Waals surface area contributed by atoms with Crippen LogP contribution >= 0.6 is 0 Å². The van der Waals surface area contributed by atoms with Crippen LogP contribution in [0.25, 0.3) is 0 Å². The number of imide groups is 2. The van der Waals surface area contributed by atoms with Crippen LogP contribution in [0.1, 0.15) is 13.8 Å². The SMILES string of the molecule is C=C(C)C(=O)OC(C)N1C(=O)C(=O)N(C)C1=O. The lowest BCUT2D eigenvalue weighted by atomic mass is 10.3. The molecule has 4 amide bonds. The first kappa shape index (κ1) is 12.9. The molecule has 17 heavy (non-hydrogen) atoms. The number of likely N-dealkylation sites (N-methyl/N-ethyl adjacent to an activating group) is 1. The number of esters is 1. The molecule has 1 atom stereocenters. The van der Waals surface area contributed by atoms with E-state index in [0.29, 0.717) is 9.80 Å². The van der Waals surface area contributed by atoms with Crippen LogP contribution in [0.15, 0.2) is 12.2 Å². The predicted molar refractivity (Wildman–Crippen MR) is 55.4 cm³/mol. The van der Waals surface area contributed by atoms with Gasteiger partial charge in [0.1, 0.15) is 0 Å². The van der Waals surface area contributed by atoms with Gasteiger partial charge in [-0.1, -0.05) is 6.58 Å². The minimum atomic E-state index is -1.15.